The van der Waals surface area contributed by atoms with Gasteiger partial charge in [0.1, 0.15) is 0 Å². The number of rotatable bonds is 2. The van der Waals surface area contributed by atoms with Gasteiger partial charge in [0, 0.05) is 12.4 Å². The Balaban J connectivity index is 3.74. The van der Waals surface area contributed by atoms with Crippen molar-refractivity contribution in [2.75, 3.05) is 0 Å². The Hall–Kier alpha value is -0.850. The normalized spacial score (nSPS) is 12.5. The van der Waals surface area contributed by atoms with Crippen LogP contribution < -0.4 is 0 Å². The van der Waals surface area contributed by atoms with Gasteiger partial charge >= 0.3 is 0 Å². The van der Waals surface area contributed by atoms with Crippen LogP contribution >= 0.6 is 0 Å². The summed E-state index contributed by atoms with van der Waals surface area (Å²) in [6.45, 7) is 7.41. The molecule has 0 aromatic carbocycles. The van der Waals surface area contributed by atoms with Crippen molar-refractivity contribution in [1.29, 1.82) is 0 Å². The van der Waals surface area contributed by atoms with E-state index in [1.54, 1.807) is 18.5 Å². The van der Waals surface area contributed by atoms with Crippen molar-refractivity contribution in [2.24, 2.45) is 4.99 Å². The predicted octanol–water partition coefficient (Wildman–Crippen LogP) is 2.17. The maximum Gasteiger partial charge on any atom is 0.0292 e. The molecule has 8 heavy (non-hydrogen) atoms. The highest BCUT2D eigenvalue weighted by molar-refractivity contribution is 5.54. The summed E-state index contributed by atoms with van der Waals surface area (Å²) < 4.78 is 0. The highest BCUT2D eigenvalue weighted by atomic mass is 14.7. The standard InChI is InChI=1S/C7H11N/c1-4-7(3)6-8-5-2/h4-6H,1H2,2-3H3. The average Bonchev–Trinajstić information content (AvgIpc) is 1.83. The molecule has 0 aromatic rings. The largest absolute Gasteiger partial charge is 0.269 e. The fourth-order valence-electron chi connectivity index (χ4n) is 0.245. The van der Waals surface area contributed by atoms with Crippen LogP contribution in [0.1, 0.15) is 13.8 Å². The summed E-state index contributed by atoms with van der Waals surface area (Å²) in [6, 6.07) is 0. The van der Waals surface area contributed by atoms with Crippen LogP contribution in [0.3, 0.4) is 0 Å². The van der Waals surface area contributed by atoms with Gasteiger partial charge in [-0.2, -0.15) is 0 Å². The van der Waals surface area contributed by atoms with Gasteiger partial charge in [0.2, 0.25) is 0 Å². The molecule has 0 aromatic heterocycles. The molecule has 0 aliphatic rings. The molecule has 44 valence electrons. The van der Waals surface area contributed by atoms with Gasteiger partial charge in [-0.1, -0.05) is 12.7 Å². The Morgan fingerprint density at radius 2 is 2.25 bits per heavy atom. The molecule has 0 bridgehead atoms. The number of allylic oxidation sites excluding steroid dienone is 2. The molecule has 0 atom stereocenters. The quantitative estimate of drug-likeness (QED) is 0.380. The van der Waals surface area contributed by atoms with Gasteiger partial charge in [0.15, 0.2) is 0 Å². The van der Waals surface area contributed by atoms with Gasteiger partial charge in [0.25, 0.3) is 0 Å². The molecular formula is C7H11N. The van der Waals surface area contributed by atoms with Gasteiger partial charge in [0.05, 0.1) is 0 Å². The van der Waals surface area contributed by atoms with Crippen molar-refractivity contribution < 1.29 is 0 Å². The van der Waals surface area contributed by atoms with Crippen molar-refractivity contribution >= 4 is 6.21 Å². The zero-order valence-electron chi connectivity index (χ0n) is 5.39. The first-order valence-corrected chi connectivity index (χ1v) is 2.58. The Labute approximate surface area is 50.4 Å². The van der Waals surface area contributed by atoms with Crippen LogP contribution in [-0.2, 0) is 0 Å². The van der Waals surface area contributed by atoms with Crippen LogP contribution in [0.15, 0.2) is 29.4 Å². The van der Waals surface area contributed by atoms with E-state index in [0.717, 1.165) is 5.57 Å². The van der Waals surface area contributed by atoms with E-state index in [1.807, 2.05) is 13.8 Å². The van der Waals surface area contributed by atoms with E-state index in [4.69, 9.17) is 0 Å². The van der Waals surface area contributed by atoms with Crippen molar-refractivity contribution in [3.05, 3.63) is 24.4 Å². The minimum absolute atomic E-state index is 1.09. The van der Waals surface area contributed by atoms with E-state index in [2.05, 4.69) is 11.6 Å². The molecule has 0 heterocycles. The van der Waals surface area contributed by atoms with Gasteiger partial charge in [-0.25, -0.2) is 0 Å². The van der Waals surface area contributed by atoms with Crippen molar-refractivity contribution in [3.63, 3.8) is 0 Å². The SMILES string of the molecule is C=CC(C)=CN=CC. The second-order valence-electron chi connectivity index (χ2n) is 1.48. The zero-order valence-corrected chi connectivity index (χ0v) is 5.39. The fourth-order valence-corrected chi connectivity index (χ4v) is 0.245. The lowest BCUT2D eigenvalue weighted by atomic mass is 10.3. The summed E-state index contributed by atoms with van der Waals surface area (Å²) in [6.07, 6.45) is 5.28. The third-order valence-electron chi connectivity index (χ3n) is 0.749. The topological polar surface area (TPSA) is 12.4 Å². The predicted molar refractivity (Wildman–Crippen MR) is 38.1 cm³/mol. The monoisotopic (exact) mass is 109 g/mol. The van der Waals surface area contributed by atoms with Crippen LogP contribution in [0, 0.1) is 0 Å². The molecule has 0 N–H and O–H groups in total. The first-order chi connectivity index (χ1) is 3.81. The maximum absolute atomic E-state index is 3.88. The molecule has 0 amide bonds. The van der Waals surface area contributed by atoms with E-state index in [1.165, 1.54) is 0 Å². The molecule has 0 fully saturated rings. The Bertz CT molecular complexity index is 120. The van der Waals surface area contributed by atoms with Crippen LogP contribution in [0.25, 0.3) is 0 Å². The van der Waals surface area contributed by atoms with E-state index >= 15 is 0 Å². The number of nitrogens with zero attached hydrogens (tertiary/aromatic N) is 1. The van der Waals surface area contributed by atoms with E-state index in [-0.39, 0.29) is 0 Å². The van der Waals surface area contributed by atoms with E-state index in [0.29, 0.717) is 0 Å². The molecule has 0 radical (unpaired) electrons. The van der Waals surface area contributed by atoms with Crippen LogP contribution in [0.5, 0.6) is 0 Å². The molecule has 0 aliphatic heterocycles. The average molecular weight is 109 g/mol. The second-order valence-corrected chi connectivity index (χ2v) is 1.48. The summed E-state index contributed by atoms with van der Waals surface area (Å²) in [5, 5.41) is 0. The lowest BCUT2D eigenvalue weighted by Crippen LogP contribution is -1.62. The fraction of sp³-hybridized carbons (Fsp3) is 0.286. The smallest absolute Gasteiger partial charge is 0.0292 e. The number of hydrogen-bond donors (Lipinski definition) is 0. The molecular weight excluding hydrogens is 98.1 g/mol. The maximum atomic E-state index is 3.88. The molecule has 0 aliphatic carbocycles. The Morgan fingerprint density at radius 1 is 1.62 bits per heavy atom. The number of hydrogen-bond acceptors (Lipinski definition) is 1. The van der Waals surface area contributed by atoms with Crippen molar-refractivity contribution in [1.82, 2.24) is 0 Å². The van der Waals surface area contributed by atoms with Gasteiger partial charge in [-0.05, 0) is 19.4 Å². The molecule has 1 heteroatoms. The second kappa shape index (κ2) is 4.31. The molecule has 0 saturated heterocycles. The summed E-state index contributed by atoms with van der Waals surface area (Å²) in [4.78, 5) is 3.88. The van der Waals surface area contributed by atoms with E-state index < -0.39 is 0 Å². The Kier molecular flexibility index (Phi) is 3.85. The highest BCUT2D eigenvalue weighted by Gasteiger charge is 1.71. The van der Waals surface area contributed by atoms with Crippen LogP contribution in [0.4, 0.5) is 0 Å². The lowest BCUT2D eigenvalue weighted by Gasteiger charge is -1.81. The molecule has 0 unspecified atom stereocenters. The molecule has 0 saturated carbocycles. The third kappa shape index (κ3) is 3.34. The minimum Gasteiger partial charge on any atom is -0.269 e. The molecule has 0 spiro atoms. The molecule has 1 nitrogen and oxygen atoms in total. The molecule has 0 rings (SSSR count). The lowest BCUT2D eigenvalue weighted by molar-refractivity contribution is 1.44. The zero-order chi connectivity index (χ0) is 6.41. The summed E-state index contributed by atoms with van der Waals surface area (Å²) in [7, 11) is 0. The van der Waals surface area contributed by atoms with Gasteiger partial charge in [-0.3, -0.25) is 4.99 Å². The van der Waals surface area contributed by atoms with Crippen molar-refractivity contribution in [2.45, 2.75) is 13.8 Å². The van der Waals surface area contributed by atoms with Crippen LogP contribution in [-0.4, -0.2) is 6.21 Å². The minimum atomic E-state index is 1.09. The third-order valence-corrected chi connectivity index (χ3v) is 0.749. The van der Waals surface area contributed by atoms with Gasteiger partial charge in [-0.15, -0.1) is 0 Å². The summed E-state index contributed by atoms with van der Waals surface area (Å²) >= 11 is 0. The number of aliphatic imine (C=N–C) groups is 1. The Morgan fingerprint density at radius 3 is 2.62 bits per heavy atom. The van der Waals surface area contributed by atoms with Crippen LogP contribution in [0.2, 0.25) is 0 Å². The highest BCUT2D eigenvalue weighted by Crippen LogP contribution is 1.90. The van der Waals surface area contributed by atoms with Gasteiger partial charge < -0.3 is 0 Å². The van der Waals surface area contributed by atoms with E-state index in [9.17, 15) is 0 Å². The van der Waals surface area contributed by atoms with Crippen molar-refractivity contribution in [3.8, 4) is 0 Å². The first kappa shape index (κ1) is 7.15. The summed E-state index contributed by atoms with van der Waals surface area (Å²) in [5.41, 5.74) is 1.09. The first-order valence-electron chi connectivity index (χ1n) is 2.58. The summed E-state index contributed by atoms with van der Waals surface area (Å²) in [5.74, 6) is 0.